The number of nitrogens with zero attached hydrogens (tertiary/aromatic N) is 3. The van der Waals surface area contributed by atoms with Crippen molar-refractivity contribution in [3.8, 4) is 6.07 Å². The number of hydrogen-bond donors (Lipinski definition) is 1. The third kappa shape index (κ3) is 3.65. The molecule has 2 saturated heterocycles. The third-order valence-corrected chi connectivity index (χ3v) is 4.96. The first-order valence-electron chi connectivity index (χ1n) is 8.08. The van der Waals surface area contributed by atoms with Gasteiger partial charge in [0.15, 0.2) is 0 Å². The topological polar surface area (TPSA) is 85.7 Å². The number of likely N-dealkylation sites (tertiary alicyclic amines) is 2. The van der Waals surface area contributed by atoms with E-state index in [4.69, 9.17) is 10.00 Å². The van der Waals surface area contributed by atoms with Crippen LogP contribution in [-0.2, 0) is 9.53 Å². The molecule has 1 N–H and O–H groups in total. The first-order chi connectivity index (χ1) is 11.1. The average molecular weight is 355 g/mol. The van der Waals surface area contributed by atoms with Crippen LogP contribution >= 0.6 is 12.4 Å². The van der Waals surface area contributed by atoms with Crippen molar-refractivity contribution < 1.29 is 14.3 Å². The molecule has 0 aromatic heterocycles. The Bertz CT molecular complexity index is 574. The van der Waals surface area contributed by atoms with E-state index in [1.807, 2.05) is 0 Å². The molecule has 7 nitrogen and oxygen atoms in total. The predicted molar refractivity (Wildman–Crippen MR) is 89.6 cm³/mol. The molecule has 2 heterocycles. The van der Waals surface area contributed by atoms with Crippen LogP contribution in [0.15, 0.2) is 11.6 Å². The minimum atomic E-state index is -0.281. The summed E-state index contributed by atoms with van der Waals surface area (Å²) >= 11 is 0. The van der Waals surface area contributed by atoms with E-state index in [9.17, 15) is 9.59 Å². The number of ether oxygens (including phenoxy) is 1. The Morgan fingerprint density at radius 2 is 2.29 bits per heavy atom. The second-order valence-electron chi connectivity index (χ2n) is 6.39. The van der Waals surface area contributed by atoms with Crippen molar-refractivity contribution in [3.63, 3.8) is 0 Å². The lowest BCUT2D eigenvalue weighted by Crippen LogP contribution is -2.43. The standard InChI is InChI=1S/C16H22N4O3.ClH/c1-23-16(22)19-9-11-5-13(6-12(11)10-19)18-8-15(21)20-4-2-3-14(20)7-17;/h5,12-14,18H,2-4,6,8-10H2,1H3;1H. The fourth-order valence-corrected chi connectivity index (χ4v) is 3.77. The highest BCUT2D eigenvalue weighted by molar-refractivity contribution is 5.85. The number of nitriles is 1. The van der Waals surface area contributed by atoms with Crippen molar-refractivity contribution in [1.29, 1.82) is 5.26 Å². The Hall–Kier alpha value is -1.78. The van der Waals surface area contributed by atoms with Crippen LogP contribution < -0.4 is 5.32 Å². The Kier molecular flexibility index (Phi) is 6.08. The number of rotatable bonds is 3. The molecule has 2 fully saturated rings. The van der Waals surface area contributed by atoms with Gasteiger partial charge in [0, 0.05) is 31.6 Å². The molecule has 0 saturated carbocycles. The predicted octanol–water partition coefficient (Wildman–Crippen LogP) is 0.909. The molecule has 2 aliphatic heterocycles. The maximum Gasteiger partial charge on any atom is 0.409 e. The van der Waals surface area contributed by atoms with Gasteiger partial charge in [0.05, 0.1) is 19.7 Å². The first-order valence-corrected chi connectivity index (χ1v) is 8.08. The number of methoxy groups -OCH3 is 1. The van der Waals surface area contributed by atoms with Gasteiger partial charge in [0.25, 0.3) is 0 Å². The molecule has 3 aliphatic rings. The second-order valence-corrected chi connectivity index (χ2v) is 6.39. The van der Waals surface area contributed by atoms with Gasteiger partial charge < -0.3 is 19.9 Å². The van der Waals surface area contributed by atoms with Crippen LogP contribution in [0.3, 0.4) is 0 Å². The summed E-state index contributed by atoms with van der Waals surface area (Å²) in [6, 6.07) is 2.10. The summed E-state index contributed by atoms with van der Waals surface area (Å²) in [5.41, 5.74) is 1.25. The zero-order chi connectivity index (χ0) is 16.4. The maximum atomic E-state index is 12.2. The lowest BCUT2D eigenvalue weighted by atomic mass is 10.1. The number of carbonyl (C=O) groups is 2. The molecule has 24 heavy (non-hydrogen) atoms. The molecule has 3 atom stereocenters. The molecular formula is C16H23ClN4O3. The molecule has 0 aromatic carbocycles. The zero-order valence-corrected chi connectivity index (χ0v) is 14.6. The molecule has 0 radical (unpaired) electrons. The molecule has 3 unspecified atom stereocenters. The minimum absolute atomic E-state index is 0. The molecule has 2 amide bonds. The number of carbonyl (C=O) groups excluding carboxylic acids is 2. The summed E-state index contributed by atoms with van der Waals surface area (Å²) in [7, 11) is 1.40. The molecule has 8 heteroatoms. The Balaban J connectivity index is 0.00000208. The SMILES string of the molecule is COC(=O)N1CC2=CC(NCC(=O)N3CCCC3C#N)CC2C1.Cl. The fraction of sp³-hybridized carbons (Fsp3) is 0.688. The second kappa shape index (κ2) is 7.86. The van der Waals surface area contributed by atoms with Gasteiger partial charge in [-0.1, -0.05) is 6.08 Å². The molecule has 132 valence electrons. The van der Waals surface area contributed by atoms with Crippen LogP contribution in [0.25, 0.3) is 0 Å². The Morgan fingerprint density at radius 1 is 1.50 bits per heavy atom. The van der Waals surface area contributed by atoms with Gasteiger partial charge in [-0.25, -0.2) is 4.79 Å². The third-order valence-electron chi connectivity index (χ3n) is 4.96. The van der Waals surface area contributed by atoms with E-state index in [-0.39, 0.29) is 43.0 Å². The van der Waals surface area contributed by atoms with Gasteiger partial charge in [-0.05, 0) is 24.8 Å². The normalized spacial score (nSPS) is 28.0. The highest BCUT2D eigenvalue weighted by Gasteiger charge is 2.37. The summed E-state index contributed by atoms with van der Waals surface area (Å²) in [6.45, 7) is 2.25. The molecule has 0 bridgehead atoms. The fourth-order valence-electron chi connectivity index (χ4n) is 3.77. The zero-order valence-electron chi connectivity index (χ0n) is 13.7. The molecule has 3 rings (SSSR count). The first kappa shape index (κ1) is 18.6. The molecule has 0 aromatic rings. The summed E-state index contributed by atoms with van der Waals surface area (Å²) in [5.74, 6) is 0.362. The van der Waals surface area contributed by atoms with Crippen molar-refractivity contribution in [2.24, 2.45) is 5.92 Å². The van der Waals surface area contributed by atoms with Crippen molar-refractivity contribution in [2.45, 2.75) is 31.3 Å². The van der Waals surface area contributed by atoms with Crippen LogP contribution in [-0.4, -0.2) is 67.2 Å². The van der Waals surface area contributed by atoms with Gasteiger partial charge >= 0.3 is 6.09 Å². The number of nitrogens with one attached hydrogen (secondary N) is 1. The molecule has 0 spiro atoms. The Labute approximate surface area is 148 Å². The number of fused-ring (bicyclic) bond motifs is 1. The monoisotopic (exact) mass is 354 g/mol. The number of amides is 2. The van der Waals surface area contributed by atoms with E-state index in [1.165, 1.54) is 12.7 Å². The van der Waals surface area contributed by atoms with Gasteiger partial charge in [0.2, 0.25) is 5.91 Å². The van der Waals surface area contributed by atoms with Gasteiger partial charge in [-0.3, -0.25) is 4.79 Å². The molecule has 1 aliphatic carbocycles. The summed E-state index contributed by atoms with van der Waals surface area (Å²) in [5, 5.41) is 12.3. The van der Waals surface area contributed by atoms with E-state index in [1.54, 1.807) is 9.80 Å². The van der Waals surface area contributed by atoms with Crippen LogP contribution in [0.1, 0.15) is 19.3 Å². The van der Waals surface area contributed by atoms with E-state index < -0.39 is 0 Å². The van der Waals surface area contributed by atoms with Crippen molar-refractivity contribution in [3.05, 3.63) is 11.6 Å². The number of hydrogen-bond acceptors (Lipinski definition) is 5. The van der Waals surface area contributed by atoms with Crippen molar-refractivity contribution in [1.82, 2.24) is 15.1 Å². The van der Waals surface area contributed by atoms with Gasteiger partial charge in [-0.2, -0.15) is 5.26 Å². The smallest absolute Gasteiger partial charge is 0.409 e. The van der Waals surface area contributed by atoms with E-state index >= 15 is 0 Å². The summed E-state index contributed by atoms with van der Waals surface area (Å²) in [4.78, 5) is 27.1. The van der Waals surface area contributed by atoms with Crippen molar-refractivity contribution >= 4 is 24.4 Å². The highest BCUT2D eigenvalue weighted by Crippen LogP contribution is 2.33. The van der Waals surface area contributed by atoms with Crippen LogP contribution in [0.5, 0.6) is 0 Å². The maximum absolute atomic E-state index is 12.2. The average Bonchev–Trinajstić information content (AvgIpc) is 3.24. The lowest BCUT2D eigenvalue weighted by Gasteiger charge is -2.21. The van der Waals surface area contributed by atoms with Crippen LogP contribution in [0, 0.1) is 17.2 Å². The largest absolute Gasteiger partial charge is 0.453 e. The highest BCUT2D eigenvalue weighted by atomic mass is 35.5. The minimum Gasteiger partial charge on any atom is -0.453 e. The van der Waals surface area contributed by atoms with E-state index in [2.05, 4.69) is 17.5 Å². The van der Waals surface area contributed by atoms with E-state index in [0.717, 1.165) is 19.3 Å². The van der Waals surface area contributed by atoms with Gasteiger partial charge in [-0.15, -0.1) is 12.4 Å². The van der Waals surface area contributed by atoms with Gasteiger partial charge in [0.1, 0.15) is 6.04 Å². The number of halogens is 1. The quantitative estimate of drug-likeness (QED) is 0.761. The van der Waals surface area contributed by atoms with E-state index in [0.29, 0.717) is 25.6 Å². The van der Waals surface area contributed by atoms with Crippen LogP contribution in [0.4, 0.5) is 4.79 Å². The summed E-state index contributed by atoms with van der Waals surface area (Å²) in [6.07, 6.45) is 4.44. The molecular weight excluding hydrogens is 332 g/mol. The van der Waals surface area contributed by atoms with Crippen LogP contribution in [0.2, 0.25) is 0 Å². The summed E-state index contributed by atoms with van der Waals surface area (Å²) < 4.78 is 4.75. The van der Waals surface area contributed by atoms with Crippen molar-refractivity contribution in [2.75, 3.05) is 33.3 Å². The Morgan fingerprint density at radius 3 is 2.96 bits per heavy atom. The lowest BCUT2D eigenvalue weighted by molar-refractivity contribution is -0.130.